The Bertz CT molecular complexity index is 515. The summed E-state index contributed by atoms with van der Waals surface area (Å²) in [5, 5.41) is 8.83. The molecule has 0 saturated heterocycles. The van der Waals surface area contributed by atoms with Gasteiger partial charge in [-0.25, -0.2) is 4.98 Å². The highest BCUT2D eigenvalue weighted by molar-refractivity contribution is 5.75. The zero-order valence-electron chi connectivity index (χ0n) is 8.47. The Morgan fingerprint density at radius 2 is 2.38 bits per heavy atom. The zero-order chi connectivity index (χ0) is 11.1. The van der Waals surface area contributed by atoms with Gasteiger partial charge in [-0.1, -0.05) is 0 Å². The van der Waals surface area contributed by atoms with Crippen LogP contribution in [0, 0.1) is 5.92 Å². The largest absolute Gasteiger partial charge is 0.481 e. The molecule has 0 spiro atoms. The van der Waals surface area contributed by atoms with E-state index in [0.717, 1.165) is 17.2 Å². The Morgan fingerprint density at radius 1 is 1.50 bits per heavy atom. The maximum absolute atomic E-state index is 10.7. The Morgan fingerprint density at radius 3 is 3.00 bits per heavy atom. The average Bonchev–Trinajstić information content (AvgIpc) is 2.72. The Labute approximate surface area is 91.5 Å². The van der Waals surface area contributed by atoms with E-state index < -0.39 is 5.97 Å². The number of carboxylic acids is 1. The van der Waals surface area contributed by atoms with Gasteiger partial charge in [-0.15, -0.1) is 0 Å². The van der Waals surface area contributed by atoms with Crippen molar-refractivity contribution in [2.75, 3.05) is 0 Å². The van der Waals surface area contributed by atoms with Crippen LogP contribution in [0.25, 0.3) is 11.4 Å². The summed E-state index contributed by atoms with van der Waals surface area (Å²) in [6.45, 7) is 0. The highest BCUT2D eigenvalue weighted by atomic mass is 16.4. The highest BCUT2D eigenvalue weighted by Crippen LogP contribution is 2.46. The first-order chi connectivity index (χ1) is 7.75. The van der Waals surface area contributed by atoms with Gasteiger partial charge in [0.1, 0.15) is 5.82 Å². The molecular formula is C11H11N3O2. The molecule has 1 aliphatic carbocycles. The summed E-state index contributed by atoms with van der Waals surface area (Å²) in [6.07, 6.45) is 4.26. The Kier molecular flexibility index (Phi) is 1.86. The maximum Gasteiger partial charge on any atom is 0.307 e. The van der Waals surface area contributed by atoms with E-state index in [4.69, 9.17) is 5.11 Å². The number of aliphatic carboxylic acids is 1. The summed E-state index contributed by atoms with van der Waals surface area (Å²) in [7, 11) is 0. The molecule has 0 aromatic carbocycles. The van der Waals surface area contributed by atoms with Crippen LogP contribution in [-0.2, 0) is 4.79 Å². The maximum atomic E-state index is 10.7. The van der Waals surface area contributed by atoms with Gasteiger partial charge < -0.3 is 15.1 Å². The van der Waals surface area contributed by atoms with E-state index in [1.165, 1.54) is 0 Å². The molecular weight excluding hydrogens is 206 g/mol. The second-order valence-electron chi connectivity index (χ2n) is 4.05. The predicted molar refractivity (Wildman–Crippen MR) is 56.9 cm³/mol. The van der Waals surface area contributed by atoms with E-state index in [1.807, 2.05) is 18.3 Å². The standard InChI is InChI=1S/C11H11N3O2/c15-11(16)7-4-6(7)10-13-5-9(14-10)8-2-1-3-12-8/h1-3,5-7,12H,4H2,(H,13,14)(H,15,16). The molecule has 1 aliphatic rings. The number of aromatic amines is 2. The van der Waals surface area contributed by atoms with Crippen molar-refractivity contribution in [3.05, 3.63) is 30.4 Å². The molecule has 0 radical (unpaired) electrons. The number of rotatable bonds is 3. The summed E-state index contributed by atoms with van der Waals surface area (Å²) < 4.78 is 0. The minimum absolute atomic E-state index is 0.0567. The van der Waals surface area contributed by atoms with Crippen LogP contribution in [0.3, 0.4) is 0 Å². The molecule has 1 saturated carbocycles. The molecule has 1 fully saturated rings. The molecule has 0 bridgehead atoms. The fraction of sp³-hybridized carbons (Fsp3) is 0.273. The van der Waals surface area contributed by atoms with Crippen LogP contribution in [0.4, 0.5) is 0 Å². The summed E-state index contributed by atoms with van der Waals surface area (Å²) in [5.41, 5.74) is 1.86. The van der Waals surface area contributed by atoms with E-state index in [2.05, 4.69) is 15.0 Å². The van der Waals surface area contributed by atoms with E-state index in [9.17, 15) is 4.79 Å². The van der Waals surface area contributed by atoms with Crippen LogP contribution in [-0.4, -0.2) is 26.0 Å². The lowest BCUT2D eigenvalue weighted by atomic mass is 10.3. The monoisotopic (exact) mass is 217 g/mol. The van der Waals surface area contributed by atoms with Crippen molar-refractivity contribution in [1.29, 1.82) is 0 Å². The molecule has 2 heterocycles. The third-order valence-corrected chi connectivity index (χ3v) is 2.94. The van der Waals surface area contributed by atoms with Gasteiger partial charge in [0, 0.05) is 12.1 Å². The number of hydrogen-bond acceptors (Lipinski definition) is 2. The first-order valence-electron chi connectivity index (χ1n) is 5.17. The first kappa shape index (κ1) is 9.21. The fourth-order valence-electron chi connectivity index (χ4n) is 1.93. The number of hydrogen-bond donors (Lipinski definition) is 3. The molecule has 16 heavy (non-hydrogen) atoms. The second kappa shape index (κ2) is 3.23. The summed E-state index contributed by atoms with van der Waals surface area (Å²) in [5.74, 6) is -0.163. The summed E-state index contributed by atoms with van der Waals surface area (Å²) in [4.78, 5) is 21.2. The van der Waals surface area contributed by atoms with Crippen LogP contribution < -0.4 is 0 Å². The third kappa shape index (κ3) is 1.41. The predicted octanol–water partition coefficient (Wildman–Crippen LogP) is 1.59. The van der Waals surface area contributed by atoms with Gasteiger partial charge in [-0.05, 0) is 18.6 Å². The van der Waals surface area contributed by atoms with E-state index >= 15 is 0 Å². The summed E-state index contributed by atoms with van der Waals surface area (Å²) >= 11 is 0. The number of carbonyl (C=O) groups is 1. The van der Waals surface area contributed by atoms with Crippen molar-refractivity contribution < 1.29 is 9.90 Å². The number of nitrogens with one attached hydrogen (secondary N) is 2. The minimum atomic E-state index is -0.733. The van der Waals surface area contributed by atoms with Crippen LogP contribution in [0.1, 0.15) is 18.2 Å². The van der Waals surface area contributed by atoms with Gasteiger partial charge >= 0.3 is 5.97 Å². The highest BCUT2D eigenvalue weighted by Gasteiger charge is 2.46. The van der Waals surface area contributed by atoms with Crippen molar-refractivity contribution in [2.24, 2.45) is 5.92 Å². The quantitative estimate of drug-likeness (QED) is 0.730. The van der Waals surface area contributed by atoms with Crippen LogP contribution in [0.5, 0.6) is 0 Å². The first-order valence-corrected chi connectivity index (χ1v) is 5.17. The Balaban J connectivity index is 1.82. The SMILES string of the molecule is O=C(O)C1CC1c1ncc(-c2ccc[nH]2)[nH]1. The van der Waals surface area contributed by atoms with Crippen LogP contribution in [0.2, 0.25) is 0 Å². The lowest BCUT2D eigenvalue weighted by Crippen LogP contribution is -1.99. The molecule has 2 aromatic rings. The van der Waals surface area contributed by atoms with Crippen molar-refractivity contribution in [3.63, 3.8) is 0 Å². The number of carboxylic acid groups (broad SMARTS) is 1. The van der Waals surface area contributed by atoms with Gasteiger partial charge in [0.2, 0.25) is 0 Å². The molecule has 0 amide bonds. The smallest absolute Gasteiger partial charge is 0.307 e. The number of imidazole rings is 1. The van der Waals surface area contributed by atoms with Crippen LogP contribution >= 0.6 is 0 Å². The van der Waals surface area contributed by atoms with Crippen molar-refractivity contribution >= 4 is 5.97 Å². The third-order valence-electron chi connectivity index (χ3n) is 2.94. The van der Waals surface area contributed by atoms with Gasteiger partial charge in [0.25, 0.3) is 0 Å². The molecule has 82 valence electrons. The van der Waals surface area contributed by atoms with E-state index in [-0.39, 0.29) is 11.8 Å². The van der Waals surface area contributed by atoms with Gasteiger partial charge in [0.05, 0.1) is 23.5 Å². The summed E-state index contributed by atoms with van der Waals surface area (Å²) in [6, 6.07) is 3.85. The van der Waals surface area contributed by atoms with E-state index in [1.54, 1.807) is 6.20 Å². The minimum Gasteiger partial charge on any atom is -0.481 e. The van der Waals surface area contributed by atoms with Crippen LogP contribution in [0.15, 0.2) is 24.5 Å². The van der Waals surface area contributed by atoms with E-state index in [0.29, 0.717) is 6.42 Å². The zero-order valence-corrected chi connectivity index (χ0v) is 8.47. The number of H-pyrrole nitrogens is 2. The lowest BCUT2D eigenvalue weighted by Gasteiger charge is -1.92. The van der Waals surface area contributed by atoms with Gasteiger partial charge in [0.15, 0.2) is 0 Å². The molecule has 3 N–H and O–H groups in total. The molecule has 0 aliphatic heterocycles. The topological polar surface area (TPSA) is 81.8 Å². The average molecular weight is 217 g/mol. The fourth-order valence-corrected chi connectivity index (χ4v) is 1.93. The van der Waals surface area contributed by atoms with Crippen molar-refractivity contribution in [1.82, 2.24) is 15.0 Å². The molecule has 3 rings (SSSR count). The second-order valence-corrected chi connectivity index (χ2v) is 4.05. The van der Waals surface area contributed by atoms with Crippen molar-refractivity contribution in [2.45, 2.75) is 12.3 Å². The molecule has 2 atom stereocenters. The van der Waals surface area contributed by atoms with Gasteiger partial charge in [-0.2, -0.15) is 0 Å². The number of aromatic nitrogens is 3. The molecule has 2 unspecified atom stereocenters. The van der Waals surface area contributed by atoms with Crippen molar-refractivity contribution in [3.8, 4) is 11.4 Å². The lowest BCUT2D eigenvalue weighted by molar-refractivity contribution is -0.138. The number of nitrogens with zero attached hydrogens (tertiary/aromatic N) is 1. The van der Waals surface area contributed by atoms with Gasteiger partial charge in [-0.3, -0.25) is 4.79 Å². The molecule has 2 aromatic heterocycles. The Hall–Kier alpha value is -2.04. The normalized spacial score (nSPS) is 23.2. The molecule has 5 heteroatoms. The molecule has 5 nitrogen and oxygen atoms in total.